The third-order valence-corrected chi connectivity index (χ3v) is 2.99. The number of rotatable bonds is 4. The monoisotopic (exact) mass is 248 g/mol. The van der Waals surface area contributed by atoms with Gasteiger partial charge in [-0.25, -0.2) is 0 Å². The Morgan fingerprint density at radius 1 is 1.50 bits per heavy atom. The number of ether oxygens (including phenoxy) is 1. The summed E-state index contributed by atoms with van der Waals surface area (Å²) < 4.78 is 4.93. The number of carbonyl (C=O) groups excluding carboxylic acids is 2. The number of pyridine rings is 1. The summed E-state index contributed by atoms with van der Waals surface area (Å²) in [6.45, 7) is 2.62. The molecule has 0 amide bonds. The SMILES string of the molecule is CCOC(=O)C1CC(C(=O)c2ccccn2)CN1. The van der Waals surface area contributed by atoms with E-state index in [-0.39, 0.29) is 23.7 Å². The number of hydrogen-bond donors (Lipinski definition) is 1. The number of Topliss-reactive ketones (excluding diaryl/α,β-unsaturated/α-hetero) is 1. The maximum atomic E-state index is 12.1. The Morgan fingerprint density at radius 3 is 3.00 bits per heavy atom. The molecule has 1 saturated heterocycles. The normalized spacial score (nSPS) is 22.7. The lowest BCUT2D eigenvalue weighted by Crippen LogP contribution is -2.32. The van der Waals surface area contributed by atoms with E-state index >= 15 is 0 Å². The zero-order valence-electron chi connectivity index (χ0n) is 10.3. The van der Waals surface area contributed by atoms with Gasteiger partial charge in [0.2, 0.25) is 0 Å². The van der Waals surface area contributed by atoms with Gasteiger partial charge in [-0.3, -0.25) is 14.6 Å². The molecule has 1 aromatic heterocycles. The van der Waals surface area contributed by atoms with Crippen LogP contribution < -0.4 is 5.32 Å². The lowest BCUT2D eigenvalue weighted by molar-refractivity contribution is -0.145. The third-order valence-electron chi connectivity index (χ3n) is 2.99. The fourth-order valence-corrected chi connectivity index (χ4v) is 2.08. The van der Waals surface area contributed by atoms with E-state index in [1.165, 1.54) is 0 Å². The summed E-state index contributed by atoms with van der Waals surface area (Å²) in [5.41, 5.74) is 0.453. The molecular weight excluding hydrogens is 232 g/mol. The van der Waals surface area contributed by atoms with Crippen molar-refractivity contribution in [1.29, 1.82) is 0 Å². The predicted octanol–water partition coefficient (Wildman–Crippen LogP) is 0.805. The van der Waals surface area contributed by atoms with Crippen molar-refractivity contribution in [2.45, 2.75) is 19.4 Å². The quantitative estimate of drug-likeness (QED) is 0.630. The van der Waals surface area contributed by atoms with Crippen molar-refractivity contribution in [3.05, 3.63) is 30.1 Å². The summed E-state index contributed by atoms with van der Waals surface area (Å²) in [5.74, 6) is -0.502. The smallest absolute Gasteiger partial charge is 0.323 e. The summed E-state index contributed by atoms with van der Waals surface area (Å²) in [5, 5.41) is 3.02. The van der Waals surface area contributed by atoms with Gasteiger partial charge in [0.05, 0.1) is 6.61 Å². The van der Waals surface area contributed by atoms with Gasteiger partial charge in [0.25, 0.3) is 0 Å². The van der Waals surface area contributed by atoms with Crippen LogP contribution in [0.25, 0.3) is 0 Å². The standard InChI is InChI=1S/C13H16N2O3/c1-2-18-13(17)11-7-9(8-15-11)12(16)10-5-3-4-6-14-10/h3-6,9,11,15H,2,7-8H2,1H3. The van der Waals surface area contributed by atoms with Crippen molar-refractivity contribution in [3.8, 4) is 0 Å². The second-order valence-corrected chi connectivity index (χ2v) is 4.22. The maximum absolute atomic E-state index is 12.1. The summed E-state index contributed by atoms with van der Waals surface area (Å²) >= 11 is 0. The molecule has 5 nitrogen and oxygen atoms in total. The molecule has 96 valence electrons. The Bertz CT molecular complexity index is 433. The number of ketones is 1. The Morgan fingerprint density at radius 2 is 2.33 bits per heavy atom. The number of nitrogens with one attached hydrogen (secondary N) is 1. The van der Waals surface area contributed by atoms with E-state index < -0.39 is 0 Å². The lowest BCUT2D eigenvalue weighted by Gasteiger charge is -2.08. The molecule has 1 N–H and O–H groups in total. The van der Waals surface area contributed by atoms with Crippen LogP contribution in [0.2, 0.25) is 0 Å². The average molecular weight is 248 g/mol. The van der Waals surface area contributed by atoms with Crippen LogP contribution in [0, 0.1) is 5.92 Å². The van der Waals surface area contributed by atoms with E-state index in [9.17, 15) is 9.59 Å². The van der Waals surface area contributed by atoms with E-state index in [2.05, 4.69) is 10.3 Å². The van der Waals surface area contributed by atoms with Crippen LogP contribution >= 0.6 is 0 Å². The van der Waals surface area contributed by atoms with Gasteiger partial charge in [-0.1, -0.05) is 6.07 Å². The molecule has 0 aromatic carbocycles. The van der Waals surface area contributed by atoms with Gasteiger partial charge < -0.3 is 10.1 Å². The summed E-state index contributed by atoms with van der Waals surface area (Å²) in [7, 11) is 0. The maximum Gasteiger partial charge on any atom is 0.323 e. The second kappa shape index (κ2) is 5.73. The lowest BCUT2D eigenvalue weighted by atomic mass is 9.98. The first-order valence-electron chi connectivity index (χ1n) is 6.07. The number of hydrogen-bond acceptors (Lipinski definition) is 5. The molecule has 1 fully saturated rings. The van der Waals surface area contributed by atoms with Crippen LogP contribution in [0.15, 0.2) is 24.4 Å². The van der Waals surface area contributed by atoms with Crippen LogP contribution in [-0.4, -0.2) is 35.9 Å². The van der Waals surface area contributed by atoms with E-state index in [0.29, 0.717) is 25.3 Å². The fourth-order valence-electron chi connectivity index (χ4n) is 2.08. The van der Waals surface area contributed by atoms with Gasteiger partial charge in [-0.15, -0.1) is 0 Å². The Hall–Kier alpha value is -1.75. The highest BCUT2D eigenvalue weighted by Crippen LogP contribution is 2.19. The molecule has 0 saturated carbocycles. The van der Waals surface area contributed by atoms with Gasteiger partial charge >= 0.3 is 5.97 Å². The first-order chi connectivity index (χ1) is 8.72. The molecule has 2 rings (SSSR count). The van der Waals surface area contributed by atoms with Crippen LogP contribution in [0.3, 0.4) is 0 Å². The summed E-state index contributed by atoms with van der Waals surface area (Å²) in [4.78, 5) is 27.7. The van der Waals surface area contributed by atoms with Crippen LogP contribution in [0.5, 0.6) is 0 Å². The molecule has 0 radical (unpaired) electrons. The molecule has 0 bridgehead atoms. The molecular formula is C13H16N2O3. The van der Waals surface area contributed by atoms with Gasteiger partial charge in [0.1, 0.15) is 11.7 Å². The third kappa shape index (κ3) is 2.73. The first kappa shape index (κ1) is 12.7. The zero-order chi connectivity index (χ0) is 13.0. The van der Waals surface area contributed by atoms with Crippen molar-refractivity contribution >= 4 is 11.8 Å². The molecule has 18 heavy (non-hydrogen) atoms. The summed E-state index contributed by atoms with van der Waals surface area (Å²) in [6, 6.07) is 4.87. The molecule has 2 atom stereocenters. The van der Waals surface area contributed by atoms with E-state index in [0.717, 1.165) is 0 Å². The van der Waals surface area contributed by atoms with E-state index in [1.807, 2.05) is 0 Å². The Kier molecular flexibility index (Phi) is 4.04. The molecule has 5 heteroatoms. The van der Waals surface area contributed by atoms with Crippen molar-refractivity contribution in [2.24, 2.45) is 5.92 Å². The molecule has 1 aliphatic heterocycles. The van der Waals surface area contributed by atoms with E-state index in [4.69, 9.17) is 4.74 Å². The number of nitrogens with zero attached hydrogens (tertiary/aromatic N) is 1. The molecule has 2 heterocycles. The average Bonchev–Trinajstić information content (AvgIpc) is 2.89. The van der Waals surface area contributed by atoms with Crippen LogP contribution in [0.1, 0.15) is 23.8 Å². The highest BCUT2D eigenvalue weighted by molar-refractivity contribution is 5.97. The van der Waals surface area contributed by atoms with E-state index in [1.54, 1.807) is 31.3 Å². The minimum Gasteiger partial charge on any atom is -0.465 e. The summed E-state index contributed by atoms with van der Waals surface area (Å²) in [6.07, 6.45) is 2.08. The molecule has 0 spiro atoms. The predicted molar refractivity (Wildman–Crippen MR) is 65.1 cm³/mol. The highest BCUT2D eigenvalue weighted by atomic mass is 16.5. The number of aromatic nitrogens is 1. The zero-order valence-corrected chi connectivity index (χ0v) is 10.3. The van der Waals surface area contributed by atoms with Crippen molar-refractivity contribution in [3.63, 3.8) is 0 Å². The van der Waals surface area contributed by atoms with Crippen molar-refractivity contribution < 1.29 is 14.3 Å². The Balaban J connectivity index is 1.97. The van der Waals surface area contributed by atoms with Gasteiger partial charge in [0, 0.05) is 18.7 Å². The minimum atomic E-state index is -0.373. The first-order valence-corrected chi connectivity index (χ1v) is 6.07. The molecule has 1 aliphatic rings. The largest absolute Gasteiger partial charge is 0.465 e. The second-order valence-electron chi connectivity index (χ2n) is 4.22. The van der Waals surface area contributed by atoms with Crippen molar-refractivity contribution in [2.75, 3.05) is 13.2 Å². The van der Waals surface area contributed by atoms with Crippen LogP contribution in [0.4, 0.5) is 0 Å². The van der Waals surface area contributed by atoms with Crippen molar-refractivity contribution in [1.82, 2.24) is 10.3 Å². The fraction of sp³-hybridized carbons (Fsp3) is 0.462. The molecule has 2 unspecified atom stereocenters. The van der Waals surface area contributed by atoms with Crippen LogP contribution in [-0.2, 0) is 9.53 Å². The number of esters is 1. The number of carbonyl (C=O) groups is 2. The Labute approximate surface area is 106 Å². The minimum absolute atomic E-state index is 0.0186. The van der Waals surface area contributed by atoms with Gasteiger partial charge in [-0.2, -0.15) is 0 Å². The molecule has 1 aromatic rings. The molecule has 0 aliphatic carbocycles. The van der Waals surface area contributed by atoms with Gasteiger partial charge in [-0.05, 0) is 25.5 Å². The highest BCUT2D eigenvalue weighted by Gasteiger charge is 2.34. The topological polar surface area (TPSA) is 68.3 Å². The van der Waals surface area contributed by atoms with Gasteiger partial charge in [0.15, 0.2) is 5.78 Å².